The monoisotopic (exact) mass is 270 g/mol. The van der Waals surface area contributed by atoms with Crippen molar-refractivity contribution in [3.05, 3.63) is 39.4 Å². The summed E-state index contributed by atoms with van der Waals surface area (Å²) in [7, 11) is 1.52. The van der Waals surface area contributed by atoms with Crippen LogP contribution in [0.25, 0.3) is 0 Å². The van der Waals surface area contributed by atoms with E-state index in [1.54, 1.807) is 0 Å². The van der Waals surface area contributed by atoms with Gasteiger partial charge in [-0.05, 0) is 25.3 Å². The molecule has 0 atom stereocenters. The van der Waals surface area contributed by atoms with Crippen LogP contribution in [0.15, 0.2) is 12.1 Å². The van der Waals surface area contributed by atoms with Crippen molar-refractivity contribution < 1.29 is 18.5 Å². The first-order chi connectivity index (χ1) is 8.91. The van der Waals surface area contributed by atoms with Crippen LogP contribution in [0.4, 0.5) is 14.5 Å². The van der Waals surface area contributed by atoms with Crippen LogP contribution in [-0.2, 0) is 0 Å². The zero-order valence-electron chi connectivity index (χ0n) is 10.2. The molecule has 2 rings (SSSR count). The highest BCUT2D eigenvalue weighted by Crippen LogP contribution is 2.27. The third-order valence-corrected chi connectivity index (χ3v) is 3.41. The van der Waals surface area contributed by atoms with E-state index in [0.29, 0.717) is 12.1 Å². The molecule has 1 aromatic carbocycles. The molecule has 0 spiro atoms. The summed E-state index contributed by atoms with van der Waals surface area (Å²) in [5, 5.41) is 10.5. The standard InChI is InChI=1S/C12H12F2N2O3/c1-15(7-3-2-4-7)12(17)8-5-10(14)11(16(18)19)6-9(8)13/h5-7H,2-4H2,1H3. The predicted octanol–water partition coefficient (Wildman–Crippen LogP) is 2.50. The Labute approximate surface area is 108 Å². The van der Waals surface area contributed by atoms with E-state index >= 15 is 0 Å². The third kappa shape index (κ3) is 2.40. The number of nitro groups is 1. The third-order valence-electron chi connectivity index (χ3n) is 3.41. The van der Waals surface area contributed by atoms with Gasteiger partial charge in [-0.2, -0.15) is 4.39 Å². The smallest absolute Gasteiger partial charge is 0.307 e. The molecule has 0 saturated heterocycles. The number of carbonyl (C=O) groups excluding carboxylic acids is 1. The van der Waals surface area contributed by atoms with Gasteiger partial charge in [0.15, 0.2) is 0 Å². The molecule has 0 unspecified atom stereocenters. The number of nitro benzene ring substituents is 1. The number of hydrogen-bond acceptors (Lipinski definition) is 3. The van der Waals surface area contributed by atoms with Crippen molar-refractivity contribution in [3.8, 4) is 0 Å². The summed E-state index contributed by atoms with van der Waals surface area (Å²) in [5.41, 5.74) is -1.45. The van der Waals surface area contributed by atoms with E-state index in [4.69, 9.17) is 0 Å². The topological polar surface area (TPSA) is 63.5 Å². The molecule has 0 aromatic heterocycles. The maximum Gasteiger partial charge on any atom is 0.307 e. The Morgan fingerprint density at radius 2 is 2.00 bits per heavy atom. The second kappa shape index (κ2) is 4.91. The van der Waals surface area contributed by atoms with E-state index in [1.807, 2.05) is 0 Å². The van der Waals surface area contributed by atoms with Crippen LogP contribution in [0.3, 0.4) is 0 Å². The highest BCUT2D eigenvalue weighted by molar-refractivity contribution is 5.94. The summed E-state index contributed by atoms with van der Waals surface area (Å²) in [6, 6.07) is 1.06. The molecule has 0 bridgehead atoms. The average molecular weight is 270 g/mol. The molecule has 1 fully saturated rings. The minimum absolute atomic E-state index is 0.0325. The molecule has 1 aliphatic carbocycles. The summed E-state index contributed by atoms with van der Waals surface area (Å²) in [4.78, 5) is 22.8. The zero-order valence-corrected chi connectivity index (χ0v) is 10.2. The second-order valence-electron chi connectivity index (χ2n) is 4.54. The Morgan fingerprint density at radius 1 is 1.37 bits per heavy atom. The minimum Gasteiger partial charge on any atom is -0.339 e. The summed E-state index contributed by atoms with van der Waals surface area (Å²) in [5.74, 6) is -2.95. The maximum absolute atomic E-state index is 13.7. The number of hydrogen-bond donors (Lipinski definition) is 0. The van der Waals surface area contributed by atoms with Crippen molar-refractivity contribution in [1.82, 2.24) is 4.90 Å². The predicted molar refractivity (Wildman–Crippen MR) is 62.7 cm³/mol. The van der Waals surface area contributed by atoms with Crippen LogP contribution in [-0.4, -0.2) is 28.8 Å². The SMILES string of the molecule is CN(C(=O)c1cc(F)c([N+](=O)[O-])cc1F)C1CCC1. The lowest BCUT2D eigenvalue weighted by Gasteiger charge is -2.34. The van der Waals surface area contributed by atoms with Gasteiger partial charge in [-0.1, -0.05) is 0 Å². The minimum atomic E-state index is -1.21. The molecule has 7 heteroatoms. The molecule has 1 aliphatic rings. The molecular weight excluding hydrogens is 258 g/mol. The quantitative estimate of drug-likeness (QED) is 0.626. The molecule has 0 N–H and O–H groups in total. The van der Waals surface area contributed by atoms with Crippen molar-refractivity contribution in [2.45, 2.75) is 25.3 Å². The number of rotatable bonds is 3. The van der Waals surface area contributed by atoms with Crippen LogP contribution in [0.2, 0.25) is 0 Å². The largest absolute Gasteiger partial charge is 0.339 e. The van der Waals surface area contributed by atoms with Gasteiger partial charge in [0.05, 0.1) is 16.6 Å². The summed E-state index contributed by atoms with van der Waals surface area (Å²) < 4.78 is 27.1. The fourth-order valence-corrected chi connectivity index (χ4v) is 1.97. The number of nitrogens with zero attached hydrogens (tertiary/aromatic N) is 2. The van der Waals surface area contributed by atoms with Gasteiger partial charge >= 0.3 is 5.69 Å². The van der Waals surface area contributed by atoms with Crippen LogP contribution in [0.1, 0.15) is 29.6 Å². The first kappa shape index (κ1) is 13.4. The Hall–Kier alpha value is -2.05. The van der Waals surface area contributed by atoms with E-state index in [-0.39, 0.29) is 6.04 Å². The van der Waals surface area contributed by atoms with Gasteiger partial charge in [0.2, 0.25) is 5.82 Å². The van der Waals surface area contributed by atoms with Crippen molar-refractivity contribution in [1.29, 1.82) is 0 Å². The first-order valence-corrected chi connectivity index (χ1v) is 5.82. The van der Waals surface area contributed by atoms with Crippen LogP contribution in [0.5, 0.6) is 0 Å². The molecule has 0 heterocycles. The molecule has 102 valence electrons. The van der Waals surface area contributed by atoms with Gasteiger partial charge < -0.3 is 4.90 Å². The van der Waals surface area contributed by atoms with Gasteiger partial charge in [-0.15, -0.1) is 0 Å². The molecule has 1 saturated carbocycles. The Kier molecular flexibility index (Phi) is 3.46. The fourth-order valence-electron chi connectivity index (χ4n) is 1.97. The van der Waals surface area contributed by atoms with E-state index in [9.17, 15) is 23.7 Å². The molecule has 5 nitrogen and oxygen atoms in total. The van der Waals surface area contributed by atoms with E-state index in [1.165, 1.54) is 11.9 Å². The number of halogens is 2. The van der Waals surface area contributed by atoms with E-state index in [0.717, 1.165) is 19.3 Å². The first-order valence-electron chi connectivity index (χ1n) is 5.82. The molecule has 1 aromatic rings. The normalized spacial score (nSPS) is 14.9. The molecule has 1 amide bonds. The van der Waals surface area contributed by atoms with Crippen molar-refractivity contribution in [2.75, 3.05) is 7.05 Å². The number of carbonyl (C=O) groups is 1. The highest BCUT2D eigenvalue weighted by atomic mass is 19.1. The second-order valence-corrected chi connectivity index (χ2v) is 4.54. The Balaban J connectivity index is 2.31. The molecular formula is C12H12F2N2O3. The fraction of sp³-hybridized carbons (Fsp3) is 0.417. The summed E-state index contributed by atoms with van der Waals surface area (Å²) >= 11 is 0. The van der Waals surface area contributed by atoms with Crippen LogP contribution < -0.4 is 0 Å². The van der Waals surface area contributed by atoms with Crippen molar-refractivity contribution in [3.63, 3.8) is 0 Å². The van der Waals surface area contributed by atoms with Crippen LogP contribution in [0, 0.1) is 21.7 Å². The highest BCUT2D eigenvalue weighted by Gasteiger charge is 2.29. The number of benzene rings is 1. The summed E-state index contributed by atoms with van der Waals surface area (Å²) in [6.45, 7) is 0. The van der Waals surface area contributed by atoms with Crippen LogP contribution >= 0.6 is 0 Å². The van der Waals surface area contributed by atoms with E-state index in [2.05, 4.69) is 0 Å². The zero-order chi connectivity index (χ0) is 14.2. The molecule has 0 aliphatic heterocycles. The Morgan fingerprint density at radius 3 is 2.47 bits per heavy atom. The van der Waals surface area contributed by atoms with Gasteiger partial charge in [-0.3, -0.25) is 14.9 Å². The summed E-state index contributed by atoms with van der Waals surface area (Å²) in [6.07, 6.45) is 2.66. The molecule has 0 radical (unpaired) electrons. The molecule has 19 heavy (non-hydrogen) atoms. The lowest BCUT2D eigenvalue weighted by atomic mass is 9.91. The van der Waals surface area contributed by atoms with Gasteiger partial charge in [0.25, 0.3) is 5.91 Å². The number of amides is 1. The van der Waals surface area contributed by atoms with Crippen molar-refractivity contribution in [2.24, 2.45) is 0 Å². The lowest BCUT2D eigenvalue weighted by molar-refractivity contribution is -0.387. The average Bonchev–Trinajstić information content (AvgIpc) is 2.28. The van der Waals surface area contributed by atoms with E-state index < -0.39 is 33.7 Å². The van der Waals surface area contributed by atoms with Gasteiger partial charge in [-0.25, -0.2) is 4.39 Å². The van der Waals surface area contributed by atoms with Gasteiger partial charge in [0, 0.05) is 13.1 Å². The maximum atomic E-state index is 13.7. The Bertz CT molecular complexity index is 544. The lowest BCUT2D eigenvalue weighted by Crippen LogP contribution is -2.41. The van der Waals surface area contributed by atoms with Crippen molar-refractivity contribution >= 4 is 11.6 Å². The van der Waals surface area contributed by atoms with Gasteiger partial charge in [0.1, 0.15) is 5.82 Å².